The molecule has 2 aromatic heterocycles. The molecule has 20 aromatic rings. The van der Waals surface area contributed by atoms with Crippen molar-refractivity contribution >= 4 is 181 Å². The van der Waals surface area contributed by atoms with Crippen LogP contribution in [0.5, 0.6) is 0 Å². The molecule has 10 heteroatoms. The number of halogens is 1. The van der Waals surface area contributed by atoms with Crippen molar-refractivity contribution in [3.63, 3.8) is 0 Å². The summed E-state index contributed by atoms with van der Waals surface area (Å²) in [7, 11) is 0. The third-order valence-electron chi connectivity index (χ3n) is 22.9. The second-order valence-electron chi connectivity index (χ2n) is 29.7. The summed E-state index contributed by atoms with van der Waals surface area (Å²) in [6.07, 6.45) is 0. The molecule has 0 saturated carbocycles. The van der Waals surface area contributed by atoms with E-state index in [1.807, 2.05) is 6.07 Å². The molecular weight excluding hydrogens is 1460 g/mol. The van der Waals surface area contributed by atoms with Crippen LogP contribution in [0.4, 0.5) is 102 Å². The number of rotatable bonds is 16. The van der Waals surface area contributed by atoms with Crippen LogP contribution >= 0.6 is 11.6 Å². The fourth-order valence-corrected chi connectivity index (χ4v) is 18.2. The largest absolute Gasteiger partial charge is 0.311 e. The third-order valence-corrected chi connectivity index (χ3v) is 23.3. The molecule has 0 saturated heterocycles. The van der Waals surface area contributed by atoms with Gasteiger partial charge in [0.1, 0.15) is 0 Å². The molecule has 8 nitrogen and oxygen atoms in total. The van der Waals surface area contributed by atoms with Gasteiger partial charge in [-0.05, 0) is 223 Å². The molecule has 2 aliphatic rings. The van der Waals surface area contributed by atoms with E-state index >= 15 is 0 Å². The van der Waals surface area contributed by atoms with Crippen molar-refractivity contribution in [2.75, 3.05) is 29.4 Å². The number of anilines is 18. The van der Waals surface area contributed by atoms with Crippen LogP contribution in [0.1, 0.15) is 0 Å². The van der Waals surface area contributed by atoms with Crippen LogP contribution in [-0.4, -0.2) is 15.8 Å². The number of aromatic nitrogens is 2. The Balaban J connectivity index is 0.000000147. The Labute approximate surface area is 692 Å². The van der Waals surface area contributed by atoms with Gasteiger partial charge in [-0.15, -0.1) is 0 Å². The van der Waals surface area contributed by atoms with Crippen molar-refractivity contribution in [2.24, 2.45) is 0 Å². The first-order valence-corrected chi connectivity index (χ1v) is 40.5. The normalized spacial score (nSPS) is 11.9. The molecule has 0 radical (unpaired) electrons. The van der Waals surface area contributed by atoms with Gasteiger partial charge in [0.2, 0.25) is 0 Å². The summed E-state index contributed by atoms with van der Waals surface area (Å²) >= 11 is 7.80. The second-order valence-corrected chi connectivity index (χ2v) is 30.1. The number of fused-ring (bicyclic) bond motifs is 10. The molecule has 0 amide bonds. The van der Waals surface area contributed by atoms with Gasteiger partial charge in [0, 0.05) is 124 Å². The summed E-state index contributed by atoms with van der Waals surface area (Å²) < 4.78 is 4.76. The Kier molecular flexibility index (Phi) is 18.3. The third kappa shape index (κ3) is 12.5. The molecule has 0 aliphatic carbocycles. The van der Waals surface area contributed by atoms with E-state index in [1.54, 1.807) is 0 Å². The highest BCUT2D eigenvalue weighted by Crippen LogP contribution is 2.51. The van der Waals surface area contributed by atoms with Gasteiger partial charge in [-0.25, -0.2) is 0 Å². The maximum absolute atomic E-state index is 7.80. The number of nitrogens with zero attached hydrogens (tertiary/aromatic N) is 8. The molecular formula is C108H76BClN8. The fourth-order valence-electron chi connectivity index (χ4n) is 17.9. The number of hydrogen-bond donors (Lipinski definition) is 0. The highest BCUT2D eigenvalue weighted by molar-refractivity contribution is 7.00. The van der Waals surface area contributed by atoms with Crippen LogP contribution in [0.25, 0.3) is 55.0 Å². The molecule has 0 unspecified atom stereocenters. The predicted octanol–water partition coefficient (Wildman–Crippen LogP) is 28.2. The Hall–Kier alpha value is -15.3. The van der Waals surface area contributed by atoms with Gasteiger partial charge in [0.15, 0.2) is 0 Å². The standard InChI is InChI=1S/C54H37BN4.C54H39ClN4/c1-5-18-38(19-6-1)56(39-20-7-2-8-21-39)42-33-35-47-53(37-42)58(41-24-11-4-12-25-41)50-30-17-31-51-54(50)55(47)46-27-14-16-29-49(46)59(51)43-32-34-45-44-26-13-15-28-48(44)57(52(45)36-43)40-22-9-3-10-23-40;55-54-51(57(42-24-10-3-11-25-42)46-31-18-30-45(38-46)56(40-20-6-1-7-21-40)41-22-8-2-9-23-41)34-19-35-52(54)58(43-26-12-4-13-27-43)47-36-37-49-48-32-16-17-33-50(48)59(53(49)39-47)44-28-14-5-15-29-44/h1-37H;1-39H. The van der Waals surface area contributed by atoms with Crippen molar-refractivity contribution in [2.45, 2.75) is 0 Å². The topological polar surface area (TPSA) is 29.3 Å². The SMILES string of the molecule is Clc1c(N(c2ccccc2)c2cccc(N(c3ccccc3)c3ccccc3)c2)cccc1N(c1ccccc1)c1ccc2c3ccccc3n(-c3ccccc3)c2c1.c1ccc(N(c2ccccc2)c2ccc3c(c2)N(c2ccccc2)c2cccc4c2B3c2ccccc2N4c2ccc3c4ccccc4n(-c4ccccc4)c3c2)cc1. The van der Waals surface area contributed by atoms with E-state index in [4.69, 9.17) is 11.6 Å². The zero-order chi connectivity index (χ0) is 78.4. The van der Waals surface area contributed by atoms with Gasteiger partial charge < -0.3 is 38.5 Å². The molecule has 0 N–H and O–H groups in total. The van der Waals surface area contributed by atoms with Crippen LogP contribution in [0, 0.1) is 0 Å². The van der Waals surface area contributed by atoms with E-state index < -0.39 is 0 Å². The second kappa shape index (κ2) is 30.6. The van der Waals surface area contributed by atoms with Crippen LogP contribution in [0.3, 0.4) is 0 Å². The quantitative estimate of drug-likeness (QED) is 0.0896. The lowest BCUT2D eigenvalue weighted by atomic mass is 9.33. The molecule has 558 valence electrons. The minimum Gasteiger partial charge on any atom is -0.311 e. The highest BCUT2D eigenvalue weighted by atomic mass is 35.5. The van der Waals surface area contributed by atoms with Crippen molar-refractivity contribution in [3.8, 4) is 11.4 Å². The summed E-state index contributed by atoms with van der Waals surface area (Å²) in [6, 6.07) is 164. The molecule has 0 atom stereocenters. The van der Waals surface area contributed by atoms with Crippen molar-refractivity contribution in [3.05, 3.63) is 466 Å². The Morgan fingerprint density at radius 1 is 0.195 bits per heavy atom. The number of hydrogen-bond acceptors (Lipinski definition) is 6. The Morgan fingerprint density at radius 2 is 0.517 bits per heavy atom. The summed E-state index contributed by atoms with van der Waals surface area (Å²) in [5.74, 6) is 0. The van der Waals surface area contributed by atoms with Gasteiger partial charge in [-0.3, -0.25) is 0 Å². The number of para-hydroxylation sites is 12. The molecule has 18 aromatic carbocycles. The van der Waals surface area contributed by atoms with Gasteiger partial charge >= 0.3 is 0 Å². The van der Waals surface area contributed by atoms with Crippen LogP contribution in [0.15, 0.2) is 461 Å². The lowest BCUT2D eigenvalue weighted by molar-refractivity contribution is 1.18. The van der Waals surface area contributed by atoms with Crippen molar-refractivity contribution in [1.29, 1.82) is 0 Å². The summed E-state index contributed by atoms with van der Waals surface area (Å²) in [5, 5.41) is 5.52. The van der Waals surface area contributed by atoms with Gasteiger partial charge in [0.25, 0.3) is 6.71 Å². The minimum absolute atomic E-state index is 0.0269. The van der Waals surface area contributed by atoms with Crippen LogP contribution < -0.4 is 45.8 Å². The van der Waals surface area contributed by atoms with E-state index in [1.165, 1.54) is 71.7 Å². The summed E-state index contributed by atoms with van der Waals surface area (Å²) in [5.41, 5.74) is 30.0. The van der Waals surface area contributed by atoms with Gasteiger partial charge in [-0.1, -0.05) is 266 Å². The van der Waals surface area contributed by atoms with Crippen LogP contribution in [0.2, 0.25) is 5.02 Å². The molecule has 2 aliphatic heterocycles. The van der Waals surface area contributed by atoms with Crippen molar-refractivity contribution in [1.82, 2.24) is 9.13 Å². The summed E-state index contributed by atoms with van der Waals surface area (Å²) in [4.78, 5) is 14.1. The van der Waals surface area contributed by atoms with Gasteiger partial charge in [-0.2, -0.15) is 0 Å². The van der Waals surface area contributed by atoms with E-state index in [9.17, 15) is 0 Å². The average Bonchev–Trinajstić information content (AvgIpc) is 1.05. The first-order chi connectivity index (χ1) is 58.5. The lowest BCUT2D eigenvalue weighted by Crippen LogP contribution is -2.61. The molecule has 22 rings (SSSR count). The van der Waals surface area contributed by atoms with Gasteiger partial charge in [0.05, 0.1) is 38.5 Å². The zero-order valence-corrected chi connectivity index (χ0v) is 65.2. The molecule has 4 heterocycles. The highest BCUT2D eigenvalue weighted by Gasteiger charge is 2.44. The molecule has 118 heavy (non-hydrogen) atoms. The Bertz CT molecular complexity index is 6960. The van der Waals surface area contributed by atoms with E-state index in [0.717, 1.165) is 102 Å². The van der Waals surface area contributed by atoms with Crippen molar-refractivity contribution < 1.29 is 0 Å². The lowest BCUT2D eigenvalue weighted by Gasteiger charge is -2.44. The number of benzene rings is 18. The zero-order valence-electron chi connectivity index (χ0n) is 64.4. The molecule has 0 spiro atoms. The maximum Gasteiger partial charge on any atom is 0.252 e. The molecule has 0 fully saturated rings. The first-order valence-electron chi connectivity index (χ1n) is 40.1. The maximum atomic E-state index is 7.80. The smallest absolute Gasteiger partial charge is 0.252 e. The first kappa shape index (κ1) is 70.6. The average molecular weight is 1530 g/mol. The molecule has 0 bridgehead atoms. The van der Waals surface area contributed by atoms with E-state index in [2.05, 4.69) is 494 Å². The van der Waals surface area contributed by atoms with E-state index in [0.29, 0.717) is 5.02 Å². The minimum atomic E-state index is 0.0269. The predicted molar refractivity (Wildman–Crippen MR) is 499 cm³/mol. The fraction of sp³-hybridized carbons (Fsp3) is 0. The summed E-state index contributed by atoms with van der Waals surface area (Å²) in [6.45, 7) is 0.0269. The van der Waals surface area contributed by atoms with E-state index in [-0.39, 0.29) is 6.71 Å². The monoisotopic (exact) mass is 1530 g/mol. The van der Waals surface area contributed by atoms with Crippen LogP contribution in [-0.2, 0) is 0 Å². The Morgan fingerprint density at radius 3 is 1.01 bits per heavy atom.